The topological polar surface area (TPSA) is 26.3 Å². The van der Waals surface area contributed by atoms with Crippen molar-refractivity contribution in [3.05, 3.63) is 82.9 Å². The van der Waals surface area contributed by atoms with Crippen molar-refractivity contribution in [1.82, 2.24) is 0 Å². The summed E-state index contributed by atoms with van der Waals surface area (Å²) in [5, 5.41) is 0. The smallest absolute Gasteiger partial charge is 0.162 e. The molecule has 0 N–H and O–H groups in total. The number of halogens is 2. The molecule has 0 spiro atoms. The molecule has 1 aliphatic heterocycles. The summed E-state index contributed by atoms with van der Waals surface area (Å²) in [6.07, 6.45) is 2.45. The molecule has 25 heavy (non-hydrogen) atoms. The molecule has 2 nitrogen and oxygen atoms in total. The molecule has 0 saturated heterocycles. The zero-order chi connectivity index (χ0) is 18.0. The van der Waals surface area contributed by atoms with Crippen LogP contribution in [-0.2, 0) is 22.4 Å². The first-order valence-corrected chi connectivity index (χ1v) is 8.23. The zero-order valence-corrected chi connectivity index (χ0v) is 14.3. The van der Waals surface area contributed by atoms with E-state index in [0.29, 0.717) is 12.8 Å². The molecule has 3 rings (SSSR count). The van der Waals surface area contributed by atoms with Crippen LogP contribution in [0.1, 0.15) is 25.0 Å². The van der Waals surface area contributed by atoms with Gasteiger partial charge in [0.05, 0.1) is 5.60 Å². The van der Waals surface area contributed by atoms with E-state index in [2.05, 4.69) is 0 Å². The van der Waals surface area contributed by atoms with E-state index in [9.17, 15) is 13.6 Å². The van der Waals surface area contributed by atoms with Crippen LogP contribution in [0.25, 0.3) is 0 Å². The number of ether oxygens (including phenoxy) is 1. The minimum Gasteiger partial charge on any atom is -0.355 e. The number of ketones is 1. The van der Waals surface area contributed by atoms with Gasteiger partial charge < -0.3 is 4.74 Å². The first kappa shape index (κ1) is 17.5. The highest BCUT2D eigenvalue weighted by molar-refractivity contribution is 5.84. The maximum absolute atomic E-state index is 13.1. The molecule has 0 aromatic heterocycles. The fraction of sp³-hybridized carbons (Fsp3) is 0.286. The molecule has 0 fully saturated rings. The molecule has 0 radical (unpaired) electrons. The van der Waals surface area contributed by atoms with Crippen molar-refractivity contribution in [2.75, 3.05) is 0 Å². The van der Waals surface area contributed by atoms with Gasteiger partial charge in [0, 0.05) is 6.42 Å². The summed E-state index contributed by atoms with van der Waals surface area (Å²) in [5.41, 5.74) is 2.10. The lowest BCUT2D eigenvalue weighted by molar-refractivity contribution is -0.130. The van der Waals surface area contributed by atoms with Crippen molar-refractivity contribution in [2.45, 2.75) is 38.4 Å². The number of hydrogen-bond acceptors (Lipinski definition) is 2. The van der Waals surface area contributed by atoms with Crippen LogP contribution in [0.3, 0.4) is 0 Å². The third kappa shape index (κ3) is 4.20. The SMILES string of the molecule is CC(=O)C1OC(C)(Cc2ccc(F)cc2)C=C1Cc1ccc(F)cc1. The van der Waals surface area contributed by atoms with E-state index in [0.717, 1.165) is 16.7 Å². The van der Waals surface area contributed by atoms with Gasteiger partial charge in [-0.2, -0.15) is 0 Å². The van der Waals surface area contributed by atoms with Crippen LogP contribution in [0.2, 0.25) is 0 Å². The average molecular weight is 342 g/mol. The van der Waals surface area contributed by atoms with E-state index < -0.39 is 11.7 Å². The Hall–Kier alpha value is -2.33. The van der Waals surface area contributed by atoms with Gasteiger partial charge in [-0.15, -0.1) is 0 Å². The Labute approximate surface area is 146 Å². The lowest BCUT2D eigenvalue weighted by atomic mass is 9.93. The summed E-state index contributed by atoms with van der Waals surface area (Å²) in [6, 6.07) is 12.5. The van der Waals surface area contributed by atoms with Gasteiger partial charge in [-0.05, 0) is 61.2 Å². The molecule has 1 heterocycles. The molecule has 1 aliphatic rings. The van der Waals surface area contributed by atoms with Gasteiger partial charge in [-0.1, -0.05) is 30.3 Å². The Kier molecular flexibility index (Phi) is 4.82. The van der Waals surface area contributed by atoms with Crippen molar-refractivity contribution in [1.29, 1.82) is 0 Å². The number of benzene rings is 2. The molecule has 0 aliphatic carbocycles. The normalized spacial score (nSPS) is 22.7. The Morgan fingerprint density at radius 1 is 1.00 bits per heavy atom. The largest absolute Gasteiger partial charge is 0.355 e. The zero-order valence-electron chi connectivity index (χ0n) is 14.3. The first-order chi connectivity index (χ1) is 11.8. The monoisotopic (exact) mass is 342 g/mol. The van der Waals surface area contributed by atoms with Crippen LogP contribution < -0.4 is 0 Å². The fourth-order valence-corrected chi connectivity index (χ4v) is 3.27. The van der Waals surface area contributed by atoms with Crippen LogP contribution in [-0.4, -0.2) is 17.5 Å². The second-order valence-corrected chi connectivity index (χ2v) is 6.75. The molecule has 2 aromatic carbocycles. The first-order valence-electron chi connectivity index (χ1n) is 8.23. The van der Waals surface area contributed by atoms with Crippen molar-refractivity contribution >= 4 is 5.78 Å². The van der Waals surface area contributed by atoms with E-state index in [-0.39, 0.29) is 17.4 Å². The predicted molar refractivity (Wildman–Crippen MR) is 92.3 cm³/mol. The summed E-state index contributed by atoms with van der Waals surface area (Å²) >= 11 is 0. The van der Waals surface area contributed by atoms with Crippen LogP contribution in [0.4, 0.5) is 8.78 Å². The highest BCUT2D eigenvalue weighted by Gasteiger charge is 2.38. The van der Waals surface area contributed by atoms with Gasteiger partial charge in [0.15, 0.2) is 5.78 Å². The third-order valence-corrected chi connectivity index (χ3v) is 4.37. The summed E-state index contributed by atoms with van der Waals surface area (Å²) in [5.74, 6) is -0.628. The second-order valence-electron chi connectivity index (χ2n) is 6.75. The van der Waals surface area contributed by atoms with Crippen LogP contribution in [0.15, 0.2) is 60.2 Å². The molecule has 130 valence electrons. The minimum atomic E-state index is -0.635. The fourth-order valence-electron chi connectivity index (χ4n) is 3.27. The molecule has 2 atom stereocenters. The van der Waals surface area contributed by atoms with Gasteiger partial charge in [0.1, 0.15) is 17.7 Å². The van der Waals surface area contributed by atoms with E-state index in [1.54, 1.807) is 24.3 Å². The molecule has 0 bridgehead atoms. The van der Waals surface area contributed by atoms with Gasteiger partial charge in [0.2, 0.25) is 0 Å². The molecule has 4 heteroatoms. The highest BCUT2D eigenvalue weighted by Crippen LogP contribution is 2.34. The summed E-state index contributed by atoms with van der Waals surface area (Å²) in [4.78, 5) is 12.0. The van der Waals surface area contributed by atoms with E-state index in [1.807, 2.05) is 13.0 Å². The van der Waals surface area contributed by atoms with Crippen molar-refractivity contribution < 1.29 is 18.3 Å². The summed E-state index contributed by atoms with van der Waals surface area (Å²) < 4.78 is 32.2. The molecule has 0 amide bonds. The van der Waals surface area contributed by atoms with E-state index in [1.165, 1.54) is 31.2 Å². The maximum atomic E-state index is 13.1. The standard InChI is InChI=1S/C21H20F2O2/c1-14(24)20-17(11-15-3-7-18(22)8-4-15)13-21(2,25-20)12-16-5-9-19(23)10-6-16/h3-10,13,20H,11-12H2,1-2H3. The quantitative estimate of drug-likeness (QED) is 0.752. The van der Waals surface area contributed by atoms with Crippen LogP contribution >= 0.6 is 0 Å². The van der Waals surface area contributed by atoms with Crippen LogP contribution in [0, 0.1) is 11.6 Å². The Balaban J connectivity index is 1.83. The number of hydrogen-bond donors (Lipinski definition) is 0. The van der Waals surface area contributed by atoms with Crippen molar-refractivity contribution in [2.24, 2.45) is 0 Å². The second kappa shape index (κ2) is 6.89. The Morgan fingerprint density at radius 2 is 1.52 bits per heavy atom. The lowest BCUT2D eigenvalue weighted by Gasteiger charge is -2.24. The molecule has 0 saturated carbocycles. The van der Waals surface area contributed by atoms with Crippen LogP contribution in [0.5, 0.6) is 0 Å². The number of carbonyl (C=O) groups excluding carboxylic acids is 1. The maximum Gasteiger partial charge on any atom is 0.162 e. The average Bonchev–Trinajstić information content (AvgIpc) is 2.89. The van der Waals surface area contributed by atoms with Gasteiger partial charge in [0.25, 0.3) is 0 Å². The third-order valence-electron chi connectivity index (χ3n) is 4.37. The molecular formula is C21H20F2O2. The van der Waals surface area contributed by atoms with Crippen molar-refractivity contribution in [3.63, 3.8) is 0 Å². The Morgan fingerprint density at radius 3 is 2.04 bits per heavy atom. The van der Waals surface area contributed by atoms with Gasteiger partial charge in [-0.3, -0.25) is 4.79 Å². The van der Waals surface area contributed by atoms with E-state index in [4.69, 9.17) is 4.74 Å². The summed E-state index contributed by atoms with van der Waals surface area (Å²) in [6.45, 7) is 3.43. The highest BCUT2D eigenvalue weighted by atomic mass is 19.1. The lowest BCUT2D eigenvalue weighted by Crippen LogP contribution is -2.31. The van der Waals surface area contributed by atoms with Crippen molar-refractivity contribution in [3.8, 4) is 0 Å². The number of Topliss-reactive ketones (excluding diaryl/α,β-unsaturated/α-hetero) is 1. The van der Waals surface area contributed by atoms with Gasteiger partial charge in [-0.25, -0.2) is 8.78 Å². The minimum absolute atomic E-state index is 0.0591. The van der Waals surface area contributed by atoms with Gasteiger partial charge >= 0.3 is 0 Å². The number of carbonyl (C=O) groups is 1. The predicted octanol–water partition coefficient (Wildman–Crippen LogP) is 4.42. The molecular weight excluding hydrogens is 322 g/mol. The molecule has 2 unspecified atom stereocenters. The van der Waals surface area contributed by atoms with E-state index >= 15 is 0 Å². The Bertz CT molecular complexity index is 794. The molecule has 2 aromatic rings. The number of rotatable bonds is 5. The summed E-state index contributed by atoms with van der Waals surface area (Å²) in [7, 11) is 0.